The van der Waals surface area contributed by atoms with E-state index >= 15 is 0 Å². The van der Waals surface area contributed by atoms with Crippen LogP contribution in [0.25, 0.3) is 0 Å². The average molecular weight is 1010 g/mol. The van der Waals surface area contributed by atoms with Crippen LogP contribution in [-0.4, -0.2) is 37.2 Å². The number of allylic oxidation sites excluding steroid dienone is 18. The molecule has 0 aliphatic heterocycles. The van der Waals surface area contributed by atoms with Crippen molar-refractivity contribution in [2.75, 3.05) is 13.2 Å². The van der Waals surface area contributed by atoms with Gasteiger partial charge in [-0.15, -0.1) is 0 Å². The normalized spacial score (nSPS) is 12.9. The third kappa shape index (κ3) is 58.8. The van der Waals surface area contributed by atoms with E-state index in [-0.39, 0.29) is 31.1 Å². The lowest BCUT2D eigenvalue weighted by molar-refractivity contribution is -0.167. The maximum Gasteiger partial charge on any atom is 0.306 e. The van der Waals surface area contributed by atoms with Gasteiger partial charge in [0.1, 0.15) is 13.2 Å². The average Bonchev–Trinajstić information content (AvgIpc) is 3.39. The minimum atomic E-state index is -0.797. The second-order valence-corrected chi connectivity index (χ2v) is 19.9. The Morgan fingerprint density at radius 3 is 0.836 bits per heavy atom. The molecule has 0 rings (SSSR count). The molecule has 1 unspecified atom stereocenters. The van der Waals surface area contributed by atoms with Gasteiger partial charge in [0.15, 0.2) is 6.10 Å². The standard InChI is InChI=1S/C67H112O6/c1-4-7-10-13-16-19-22-25-28-30-31-32-33-34-35-37-39-42-45-48-51-54-57-60-66(69)72-63-64(62-71-65(68)59-56-53-50-47-44-41-38-27-24-21-18-15-12-9-6-3)73-67(70)61-58-55-52-49-46-43-40-36-29-26-23-20-17-14-11-8-5-2/h7-8,10-11,16-17,19-20,25-26,28-29,31-32,34-35,40,43,64H,4-6,9,12-15,18,21-24,27,30,33,36-39,41-42,44-63H2,1-3H3/b10-7-,11-8-,19-16-,20-17-,28-25-,29-26-,32-31-,35-34-,43-40-. The van der Waals surface area contributed by atoms with Crippen molar-refractivity contribution in [2.45, 2.75) is 284 Å². The minimum absolute atomic E-state index is 0.0907. The number of ether oxygens (including phenoxy) is 3. The predicted octanol–water partition coefficient (Wildman–Crippen LogP) is 20.7. The smallest absolute Gasteiger partial charge is 0.306 e. The molecule has 1 atom stereocenters. The molecule has 0 aliphatic carbocycles. The van der Waals surface area contributed by atoms with Crippen LogP contribution in [0.5, 0.6) is 0 Å². The van der Waals surface area contributed by atoms with Crippen LogP contribution >= 0.6 is 0 Å². The highest BCUT2D eigenvalue weighted by Gasteiger charge is 2.19. The van der Waals surface area contributed by atoms with Gasteiger partial charge >= 0.3 is 17.9 Å². The summed E-state index contributed by atoms with van der Waals surface area (Å²) < 4.78 is 16.9. The SMILES string of the molecule is CC/C=C\C/C=C\C/C=C\C/C=C\C/C=C\CCCCCCCCCC(=O)OCC(COC(=O)CCCCCCCCCCCCCCCCC)OC(=O)CCCCCC/C=C\C/C=C\C/C=C\C/C=C\CC. The van der Waals surface area contributed by atoms with Gasteiger partial charge in [0, 0.05) is 19.3 Å². The van der Waals surface area contributed by atoms with Crippen LogP contribution in [0.3, 0.4) is 0 Å². The Hall–Kier alpha value is -3.93. The molecule has 73 heavy (non-hydrogen) atoms. The van der Waals surface area contributed by atoms with E-state index in [4.69, 9.17) is 14.2 Å². The van der Waals surface area contributed by atoms with E-state index in [0.717, 1.165) is 135 Å². The summed E-state index contributed by atoms with van der Waals surface area (Å²) in [6.07, 6.45) is 82.2. The Kier molecular flexibility index (Phi) is 57.4. The van der Waals surface area contributed by atoms with Crippen molar-refractivity contribution < 1.29 is 28.6 Å². The van der Waals surface area contributed by atoms with Crippen molar-refractivity contribution in [3.05, 3.63) is 109 Å². The van der Waals surface area contributed by atoms with E-state index in [0.29, 0.717) is 19.3 Å². The molecule has 0 radical (unpaired) electrons. The largest absolute Gasteiger partial charge is 0.462 e. The molecule has 0 bridgehead atoms. The molecule has 0 aromatic carbocycles. The van der Waals surface area contributed by atoms with Gasteiger partial charge in [-0.3, -0.25) is 14.4 Å². The Morgan fingerprint density at radius 2 is 0.534 bits per heavy atom. The molecule has 0 aromatic rings. The van der Waals surface area contributed by atoms with Crippen molar-refractivity contribution >= 4 is 17.9 Å². The summed E-state index contributed by atoms with van der Waals surface area (Å²) in [5, 5.41) is 0. The molecule has 6 heteroatoms. The van der Waals surface area contributed by atoms with E-state index in [1.165, 1.54) is 103 Å². The first-order valence-corrected chi connectivity index (χ1v) is 30.4. The molecule has 0 N–H and O–H groups in total. The van der Waals surface area contributed by atoms with Crippen LogP contribution in [-0.2, 0) is 28.6 Å². The molecule has 0 aromatic heterocycles. The van der Waals surface area contributed by atoms with Gasteiger partial charge in [-0.05, 0) is 103 Å². The summed E-state index contributed by atoms with van der Waals surface area (Å²) in [5.41, 5.74) is 0. The fourth-order valence-corrected chi connectivity index (χ4v) is 8.28. The number of hydrogen-bond donors (Lipinski definition) is 0. The molecule has 0 heterocycles. The monoisotopic (exact) mass is 1010 g/mol. The van der Waals surface area contributed by atoms with Crippen LogP contribution in [0, 0.1) is 0 Å². The Bertz CT molecular complexity index is 1490. The third-order valence-corrected chi connectivity index (χ3v) is 12.8. The highest BCUT2D eigenvalue weighted by atomic mass is 16.6. The van der Waals surface area contributed by atoms with Crippen LogP contribution in [0.1, 0.15) is 278 Å². The second-order valence-electron chi connectivity index (χ2n) is 19.9. The molecular formula is C67H112O6. The quantitative estimate of drug-likeness (QED) is 0.0261. The Morgan fingerprint density at radius 1 is 0.288 bits per heavy atom. The van der Waals surface area contributed by atoms with Crippen molar-refractivity contribution in [1.82, 2.24) is 0 Å². The highest BCUT2D eigenvalue weighted by Crippen LogP contribution is 2.16. The van der Waals surface area contributed by atoms with Crippen LogP contribution in [0.4, 0.5) is 0 Å². The maximum absolute atomic E-state index is 12.9. The molecule has 0 aliphatic rings. The maximum atomic E-state index is 12.9. The molecule has 0 saturated heterocycles. The summed E-state index contributed by atoms with van der Waals surface area (Å²) in [7, 11) is 0. The van der Waals surface area contributed by atoms with Crippen molar-refractivity contribution in [3.8, 4) is 0 Å². The van der Waals surface area contributed by atoms with Crippen molar-refractivity contribution in [3.63, 3.8) is 0 Å². The molecule has 6 nitrogen and oxygen atoms in total. The number of hydrogen-bond acceptors (Lipinski definition) is 6. The fourth-order valence-electron chi connectivity index (χ4n) is 8.28. The number of carbonyl (C=O) groups is 3. The zero-order valence-electron chi connectivity index (χ0n) is 47.6. The number of esters is 3. The highest BCUT2D eigenvalue weighted by molar-refractivity contribution is 5.71. The number of carbonyl (C=O) groups excluding carboxylic acids is 3. The first-order chi connectivity index (χ1) is 36.0. The molecule has 0 fully saturated rings. The fraction of sp³-hybridized carbons (Fsp3) is 0.687. The van der Waals surface area contributed by atoms with Gasteiger partial charge in [-0.2, -0.15) is 0 Å². The molecule has 0 saturated carbocycles. The van der Waals surface area contributed by atoms with E-state index in [2.05, 4.69) is 130 Å². The van der Waals surface area contributed by atoms with Crippen LogP contribution in [0.2, 0.25) is 0 Å². The van der Waals surface area contributed by atoms with Gasteiger partial charge in [0.05, 0.1) is 0 Å². The lowest BCUT2D eigenvalue weighted by Crippen LogP contribution is -2.30. The van der Waals surface area contributed by atoms with E-state index in [9.17, 15) is 14.4 Å². The molecular weight excluding hydrogens is 901 g/mol. The summed E-state index contributed by atoms with van der Waals surface area (Å²) in [5.74, 6) is -0.920. The lowest BCUT2D eigenvalue weighted by Gasteiger charge is -2.18. The molecule has 0 spiro atoms. The number of unbranched alkanes of at least 4 members (excludes halogenated alkanes) is 25. The summed E-state index contributed by atoms with van der Waals surface area (Å²) in [6, 6.07) is 0. The third-order valence-electron chi connectivity index (χ3n) is 12.8. The van der Waals surface area contributed by atoms with Crippen LogP contribution < -0.4 is 0 Å². The Labute approximate surface area is 450 Å². The van der Waals surface area contributed by atoms with E-state index in [1.54, 1.807) is 0 Å². The summed E-state index contributed by atoms with van der Waals surface area (Å²) in [4.78, 5) is 38.3. The topological polar surface area (TPSA) is 78.9 Å². The predicted molar refractivity (Wildman–Crippen MR) is 316 cm³/mol. The lowest BCUT2D eigenvalue weighted by atomic mass is 10.0. The number of rotatable bonds is 54. The zero-order valence-corrected chi connectivity index (χ0v) is 47.6. The van der Waals surface area contributed by atoms with Gasteiger partial charge in [-0.1, -0.05) is 265 Å². The summed E-state index contributed by atoms with van der Waals surface area (Å²) in [6.45, 7) is 6.40. The zero-order chi connectivity index (χ0) is 52.9. The second kappa shape index (κ2) is 60.6. The van der Waals surface area contributed by atoms with Gasteiger partial charge in [-0.25, -0.2) is 0 Å². The van der Waals surface area contributed by atoms with Crippen molar-refractivity contribution in [2.24, 2.45) is 0 Å². The van der Waals surface area contributed by atoms with E-state index in [1.807, 2.05) is 0 Å². The van der Waals surface area contributed by atoms with Gasteiger partial charge < -0.3 is 14.2 Å². The Balaban J connectivity index is 4.42. The van der Waals surface area contributed by atoms with Crippen LogP contribution in [0.15, 0.2) is 109 Å². The molecule has 416 valence electrons. The minimum Gasteiger partial charge on any atom is -0.462 e. The van der Waals surface area contributed by atoms with Crippen molar-refractivity contribution in [1.29, 1.82) is 0 Å². The first-order valence-electron chi connectivity index (χ1n) is 30.4. The molecule has 0 amide bonds. The van der Waals surface area contributed by atoms with Gasteiger partial charge in [0.2, 0.25) is 0 Å². The summed E-state index contributed by atoms with van der Waals surface area (Å²) >= 11 is 0. The van der Waals surface area contributed by atoms with Gasteiger partial charge in [0.25, 0.3) is 0 Å². The van der Waals surface area contributed by atoms with E-state index < -0.39 is 6.10 Å². The first kappa shape index (κ1) is 69.1.